The number of hydrogen-bond donors (Lipinski definition) is 2. The molecule has 0 aromatic heterocycles. The van der Waals surface area contributed by atoms with Gasteiger partial charge in [0.1, 0.15) is 0 Å². The van der Waals surface area contributed by atoms with Gasteiger partial charge in [-0.25, -0.2) is 8.42 Å². The van der Waals surface area contributed by atoms with Crippen molar-refractivity contribution in [2.75, 3.05) is 0 Å². The van der Waals surface area contributed by atoms with Crippen molar-refractivity contribution < 1.29 is 18.1 Å². The number of nitro groups is 1. The highest BCUT2D eigenvalue weighted by Crippen LogP contribution is 2.16. The van der Waals surface area contributed by atoms with Gasteiger partial charge in [0.2, 0.25) is 0 Å². The van der Waals surface area contributed by atoms with Crippen molar-refractivity contribution in [2.45, 2.75) is 11.8 Å². The second-order valence-electron chi connectivity index (χ2n) is 4.68. The molecule has 9 heteroatoms. The third-order valence-corrected chi connectivity index (χ3v) is 4.16. The quantitative estimate of drug-likeness (QED) is 0.634. The van der Waals surface area contributed by atoms with Crippen molar-refractivity contribution in [1.29, 1.82) is 0 Å². The molecule has 2 N–H and O–H groups in total. The Hall–Kier alpha value is -2.78. The summed E-state index contributed by atoms with van der Waals surface area (Å²) in [6.07, 6.45) is 0. The molecule has 0 aliphatic heterocycles. The summed E-state index contributed by atoms with van der Waals surface area (Å²) < 4.78 is 24.1. The van der Waals surface area contributed by atoms with Gasteiger partial charge in [-0.3, -0.25) is 20.3 Å². The Kier molecular flexibility index (Phi) is 4.72. The molecular weight excluding hydrogens is 322 g/mol. The molecule has 0 bridgehead atoms. The number of aryl methyl sites for hydroxylation is 1. The van der Waals surface area contributed by atoms with Crippen LogP contribution >= 0.6 is 0 Å². The minimum absolute atomic E-state index is 0.284. The van der Waals surface area contributed by atoms with E-state index in [2.05, 4.69) is 5.43 Å². The van der Waals surface area contributed by atoms with Crippen molar-refractivity contribution in [2.24, 2.45) is 0 Å². The molecule has 8 nitrogen and oxygen atoms in total. The van der Waals surface area contributed by atoms with Gasteiger partial charge in [-0.1, -0.05) is 23.8 Å². The summed E-state index contributed by atoms with van der Waals surface area (Å²) in [6.45, 7) is 1.80. The fourth-order valence-electron chi connectivity index (χ4n) is 1.80. The van der Waals surface area contributed by atoms with Crippen LogP contribution in [0.5, 0.6) is 0 Å². The fourth-order valence-corrected chi connectivity index (χ4v) is 2.67. The lowest BCUT2D eigenvalue weighted by Gasteiger charge is -2.08. The Morgan fingerprint density at radius 3 is 2.48 bits per heavy atom. The summed E-state index contributed by atoms with van der Waals surface area (Å²) in [7, 11) is -4.12. The smallest absolute Gasteiger partial charge is 0.270 e. The lowest BCUT2D eigenvalue weighted by molar-refractivity contribution is -0.385. The lowest BCUT2D eigenvalue weighted by atomic mass is 10.1. The zero-order valence-electron chi connectivity index (χ0n) is 12.0. The van der Waals surface area contributed by atoms with Crippen molar-refractivity contribution >= 4 is 21.6 Å². The summed E-state index contributed by atoms with van der Waals surface area (Å²) in [5.74, 6) is -0.636. The normalized spacial score (nSPS) is 11.0. The predicted molar refractivity (Wildman–Crippen MR) is 82.1 cm³/mol. The Morgan fingerprint density at radius 2 is 1.83 bits per heavy atom. The summed E-state index contributed by atoms with van der Waals surface area (Å²) in [5.41, 5.74) is 2.83. The Morgan fingerprint density at radius 1 is 1.13 bits per heavy atom. The molecule has 0 aliphatic rings. The van der Waals surface area contributed by atoms with Crippen molar-refractivity contribution in [3.63, 3.8) is 0 Å². The first kappa shape index (κ1) is 16.6. The van der Waals surface area contributed by atoms with Crippen LogP contribution in [0.2, 0.25) is 0 Å². The molecule has 2 aromatic rings. The fraction of sp³-hybridized carbons (Fsp3) is 0.0714. The number of carbonyl (C=O) groups is 1. The molecule has 0 saturated carbocycles. The van der Waals surface area contributed by atoms with E-state index in [1.807, 2.05) is 4.83 Å². The monoisotopic (exact) mass is 335 g/mol. The zero-order chi connectivity index (χ0) is 17.0. The summed E-state index contributed by atoms with van der Waals surface area (Å²) in [4.78, 5) is 23.5. The number of nitro benzene ring substituents is 1. The highest BCUT2D eigenvalue weighted by Gasteiger charge is 2.18. The molecule has 1 amide bonds. The molecule has 0 heterocycles. The largest absolute Gasteiger partial charge is 0.273 e. The first-order chi connectivity index (χ1) is 10.8. The van der Waals surface area contributed by atoms with Gasteiger partial charge in [-0.15, -0.1) is 4.83 Å². The highest BCUT2D eigenvalue weighted by atomic mass is 32.2. The van der Waals surface area contributed by atoms with E-state index in [-0.39, 0.29) is 16.1 Å². The number of non-ortho nitro benzene ring substituents is 1. The molecular formula is C14H13N3O5S. The van der Waals surface area contributed by atoms with Gasteiger partial charge in [0.05, 0.1) is 9.82 Å². The SMILES string of the molecule is Cc1cccc(C(=O)NNS(=O)(=O)c2cccc([N+](=O)[O-])c2)c1. The van der Waals surface area contributed by atoms with Crippen LogP contribution in [0.15, 0.2) is 53.4 Å². The standard InChI is InChI=1S/C14H13N3O5S/c1-10-4-2-5-11(8-10)14(18)15-16-23(21,22)13-7-3-6-12(9-13)17(19)20/h2-9,16H,1H3,(H,15,18). The molecule has 0 fully saturated rings. The summed E-state index contributed by atoms with van der Waals surface area (Å²) in [6, 6.07) is 11.1. The number of sulfonamides is 1. The lowest BCUT2D eigenvalue weighted by Crippen LogP contribution is -2.41. The number of nitrogens with one attached hydrogen (secondary N) is 2. The molecule has 0 unspecified atom stereocenters. The Balaban J connectivity index is 2.14. The van der Waals surface area contributed by atoms with E-state index < -0.39 is 20.9 Å². The third kappa shape index (κ3) is 4.11. The number of hydrazine groups is 1. The molecule has 0 saturated heterocycles. The number of nitrogens with zero attached hydrogens (tertiary/aromatic N) is 1. The molecule has 23 heavy (non-hydrogen) atoms. The van der Waals surface area contributed by atoms with Crippen LogP contribution in [-0.2, 0) is 10.0 Å². The molecule has 0 radical (unpaired) electrons. The second kappa shape index (κ2) is 6.55. The van der Waals surface area contributed by atoms with Crippen molar-refractivity contribution in [3.8, 4) is 0 Å². The second-order valence-corrected chi connectivity index (χ2v) is 6.37. The van der Waals surface area contributed by atoms with Crippen LogP contribution < -0.4 is 10.3 Å². The Labute approximate surface area is 132 Å². The molecule has 2 rings (SSSR count). The van der Waals surface area contributed by atoms with E-state index in [1.54, 1.807) is 25.1 Å². The van der Waals surface area contributed by atoms with E-state index in [4.69, 9.17) is 0 Å². The number of hydrogen-bond acceptors (Lipinski definition) is 5. The third-order valence-electron chi connectivity index (χ3n) is 2.92. The zero-order valence-corrected chi connectivity index (χ0v) is 12.8. The predicted octanol–water partition coefficient (Wildman–Crippen LogP) is 1.53. The van der Waals surface area contributed by atoms with E-state index in [0.29, 0.717) is 0 Å². The molecule has 2 aromatic carbocycles. The van der Waals surface area contributed by atoms with E-state index in [0.717, 1.165) is 11.6 Å². The molecule has 0 spiro atoms. The van der Waals surface area contributed by atoms with Crippen LogP contribution in [-0.4, -0.2) is 19.2 Å². The van der Waals surface area contributed by atoms with Crippen LogP contribution in [0.3, 0.4) is 0 Å². The first-order valence-electron chi connectivity index (χ1n) is 6.43. The topological polar surface area (TPSA) is 118 Å². The number of benzene rings is 2. The highest BCUT2D eigenvalue weighted by molar-refractivity contribution is 7.89. The average Bonchev–Trinajstić information content (AvgIpc) is 2.52. The van der Waals surface area contributed by atoms with E-state index in [1.165, 1.54) is 24.3 Å². The van der Waals surface area contributed by atoms with Gasteiger partial charge in [0.15, 0.2) is 0 Å². The van der Waals surface area contributed by atoms with E-state index in [9.17, 15) is 23.3 Å². The summed E-state index contributed by atoms with van der Waals surface area (Å²) in [5, 5.41) is 10.7. The maximum Gasteiger partial charge on any atom is 0.270 e. The number of carbonyl (C=O) groups excluding carboxylic acids is 1. The minimum Gasteiger partial charge on any atom is -0.273 e. The van der Waals surface area contributed by atoms with Gasteiger partial charge >= 0.3 is 0 Å². The van der Waals surface area contributed by atoms with Crippen molar-refractivity contribution in [1.82, 2.24) is 10.3 Å². The molecule has 0 atom stereocenters. The first-order valence-corrected chi connectivity index (χ1v) is 7.91. The summed E-state index contributed by atoms with van der Waals surface area (Å²) >= 11 is 0. The average molecular weight is 335 g/mol. The van der Waals surface area contributed by atoms with Gasteiger partial charge < -0.3 is 0 Å². The maximum atomic E-state index is 12.1. The van der Waals surface area contributed by atoms with Crippen LogP contribution in [0.1, 0.15) is 15.9 Å². The van der Waals surface area contributed by atoms with E-state index >= 15 is 0 Å². The molecule has 120 valence electrons. The maximum absolute atomic E-state index is 12.1. The van der Waals surface area contributed by atoms with Crippen LogP contribution in [0, 0.1) is 17.0 Å². The minimum atomic E-state index is -4.12. The van der Waals surface area contributed by atoms with Crippen LogP contribution in [0.25, 0.3) is 0 Å². The molecule has 0 aliphatic carbocycles. The number of rotatable bonds is 5. The Bertz CT molecular complexity index is 864. The van der Waals surface area contributed by atoms with Gasteiger partial charge in [-0.05, 0) is 25.1 Å². The van der Waals surface area contributed by atoms with Crippen LogP contribution in [0.4, 0.5) is 5.69 Å². The number of amides is 1. The van der Waals surface area contributed by atoms with Gasteiger partial charge in [0.25, 0.3) is 21.6 Å². The van der Waals surface area contributed by atoms with Gasteiger partial charge in [0, 0.05) is 17.7 Å². The van der Waals surface area contributed by atoms with Crippen molar-refractivity contribution in [3.05, 3.63) is 69.8 Å². The van der Waals surface area contributed by atoms with Gasteiger partial charge in [-0.2, -0.15) is 0 Å².